The van der Waals surface area contributed by atoms with Gasteiger partial charge in [0, 0.05) is 24.4 Å². The average Bonchev–Trinajstić information content (AvgIpc) is 3.22. The molecule has 1 unspecified atom stereocenters. The first kappa shape index (κ1) is 15.8. The Bertz CT molecular complexity index is 877. The summed E-state index contributed by atoms with van der Waals surface area (Å²) in [7, 11) is 0. The summed E-state index contributed by atoms with van der Waals surface area (Å²) >= 11 is 0. The SMILES string of the molecule is CC1=CCCC(n2cc(-c3cccc(C4N=C(C)ON4)n3)cn2)=CC1. The third-order valence-electron chi connectivity index (χ3n) is 4.41. The van der Waals surface area contributed by atoms with E-state index in [0.717, 1.165) is 36.2 Å². The molecule has 25 heavy (non-hydrogen) atoms. The number of hydrogen-bond donors (Lipinski definition) is 1. The number of rotatable bonds is 3. The average molecular weight is 335 g/mol. The molecular formula is C19H21N5O. The predicted octanol–water partition coefficient (Wildman–Crippen LogP) is 3.87. The smallest absolute Gasteiger partial charge is 0.208 e. The molecule has 1 N–H and O–H groups in total. The van der Waals surface area contributed by atoms with E-state index in [0.29, 0.717) is 5.90 Å². The summed E-state index contributed by atoms with van der Waals surface area (Å²) in [6, 6.07) is 5.92. The normalized spacial score (nSPS) is 20.4. The maximum Gasteiger partial charge on any atom is 0.208 e. The molecule has 0 fully saturated rings. The van der Waals surface area contributed by atoms with Gasteiger partial charge in [0.05, 0.1) is 17.6 Å². The van der Waals surface area contributed by atoms with Gasteiger partial charge in [0.1, 0.15) is 0 Å². The molecule has 0 aromatic carbocycles. The van der Waals surface area contributed by atoms with Crippen molar-refractivity contribution >= 4 is 11.6 Å². The lowest BCUT2D eigenvalue weighted by Gasteiger charge is -2.07. The largest absolute Gasteiger partial charge is 0.391 e. The van der Waals surface area contributed by atoms with Crippen LogP contribution in [0.15, 0.2) is 53.3 Å². The third kappa shape index (κ3) is 3.39. The van der Waals surface area contributed by atoms with Gasteiger partial charge in [0.15, 0.2) is 6.17 Å². The Labute approximate surface area is 146 Å². The van der Waals surface area contributed by atoms with Gasteiger partial charge in [0.2, 0.25) is 5.90 Å². The van der Waals surface area contributed by atoms with Crippen LogP contribution in [0, 0.1) is 0 Å². The van der Waals surface area contributed by atoms with E-state index in [1.807, 2.05) is 42.2 Å². The van der Waals surface area contributed by atoms with E-state index in [-0.39, 0.29) is 6.17 Å². The van der Waals surface area contributed by atoms with Crippen molar-refractivity contribution in [1.29, 1.82) is 0 Å². The maximum absolute atomic E-state index is 5.20. The molecular weight excluding hydrogens is 314 g/mol. The molecule has 0 amide bonds. The second kappa shape index (κ2) is 6.64. The Hall–Kier alpha value is -2.73. The molecule has 0 spiro atoms. The van der Waals surface area contributed by atoms with E-state index in [1.165, 1.54) is 11.3 Å². The van der Waals surface area contributed by atoms with Crippen LogP contribution in [-0.2, 0) is 4.84 Å². The minimum Gasteiger partial charge on any atom is -0.391 e. The van der Waals surface area contributed by atoms with E-state index in [4.69, 9.17) is 9.82 Å². The van der Waals surface area contributed by atoms with Crippen molar-refractivity contribution in [3.63, 3.8) is 0 Å². The van der Waals surface area contributed by atoms with E-state index in [2.05, 4.69) is 34.6 Å². The molecule has 3 heterocycles. The summed E-state index contributed by atoms with van der Waals surface area (Å²) in [5.41, 5.74) is 8.23. The summed E-state index contributed by atoms with van der Waals surface area (Å²) < 4.78 is 1.97. The molecule has 1 atom stereocenters. The zero-order valence-corrected chi connectivity index (χ0v) is 14.4. The van der Waals surface area contributed by atoms with Crippen LogP contribution in [0.3, 0.4) is 0 Å². The first-order chi connectivity index (χ1) is 12.2. The molecule has 6 heteroatoms. The van der Waals surface area contributed by atoms with Crippen LogP contribution >= 0.6 is 0 Å². The molecule has 6 nitrogen and oxygen atoms in total. The highest BCUT2D eigenvalue weighted by Crippen LogP contribution is 2.25. The van der Waals surface area contributed by atoms with Gasteiger partial charge in [-0.15, -0.1) is 5.48 Å². The molecule has 0 radical (unpaired) electrons. The molecule has 2 aliphatic rings. The van der Waals surface area contributed by atoms with Crippen LogP contribution in [0.2, 0.25) is 0 Å². The molecule has 0 saturated heterocycles. The highest BCUT2D eigenvalue weighted by atomic mass is 16.7. The number of aromatic nitrogens is 3. The summed E-state index contributed by atoms with van der Waals surface area (Å²) in [5.74, 6) is 0.620. The highest BCUT2D eigenvalue weighted by Gasteiger charge is 2.19. The lowest BCUT2D eigenvalue weighted by atomic mass is 10.2. The summed E-state index contributed by atoms with van der Waals surface area (Å²) in [4.78, 5) is 14.3. The summed E-state index contributed by atoms with van der Waals surface area (Å²) in [6.45, 7) is 3.99. The first-order valence-electron chi connectivity index (χ1n) is 8.53. The molecule has 128 valence electrons. The lowest BCUT2D eigenvalue weighted by Crippen LogP contribution is -2.14. The van der Waals surface area contributed by atoms with Crippen molar-refractivity contribution < 1.29 is 4.84 Å². The summed E-state index contributed by atoms with van der Waals surface area (Å²) in [5, 5.41) is 4.54. The maximum atomic E-state index is 5.20. The standard InChI is InChI=1S/C19H21N5O/c1-13-5-3-6-16(10-9-13)24-12-15(11-20-24)17-7-4-8-18(22-17)19-21-14(2)25-23-19/h4-5,7-8,10-12,19,23H,3,6,9H2,1-2H3. The van der Waals surface area contributed by atoms with Gasteiger partial charge in [-0.3, -0.25) is 0 Å². The molecule has 2 aromatic heterocycles. The van der Waals surface area contributed by atoms with Crippen LogP contribution in [0.1, 0.15) is 45.0 Å². The zero-order chi connectivity index (χ0) is 17.2. The predicted molar refractivity (Wildman–Crippen MR) is 97.4 cm³/mol. The Kier molecular flexibility index (Phi) is 4.19. The minimum atomic E-state index is -0.256. The fourth-order valence-corrected chi connectivity index (χ4v) is 3.02. The fourth-order valence-electron chi connectivity index (χ4n) is 3.02. The van der Waals surface area contributed by atoms with Gasteiger partial charge in [0.25, 0.3) is 0 Å². The first-order valence-corrected chi connectivity index (χ1v) is 8.53. The quantitative estimate of drug-likeness (QED) is 0.865. The highest BCUT2D eigenvalue weighted by molar-refractivity contribution is 5.74. The topological polar surface area (TPSA) is 64.3 Å². The Morgan fingerprint density at radius 1 is 1.24 bits per heavy atom. The van der Waals surface area contributed by atoms with Crippen LogP contribution in [0.5, 0.6) is 0 Å². The van der Waals surface area contributed by atoms with Gasteiger partial charge in [-0.2, -0.15) is 5.10 Å². The van der Waals surface area contributed by atoms with Crippen LogP contribution in [0.4, 0.5) is 0 Å². The zero-order valence-electron chi connectivity index (χ0n) is 14.4. The number of aliphatic imine (C=N–C) groups is 1. The third-order valence-corrected chi connectivity index (χ3v) is 4.41. The van der Waals surface area contributed by atoms with Gasteiger partial charge < -0.3 is 4.84 Å². The Morgan fingerprint density at radius 2 is 2.16 bits per heavy atom. The van der Waals surface area contributed by atoms with Crippen molar-refractivity contribution in [2.24, 2.45) is 4.99 Å². The van der Waals surface area contributed by atoms with E-state index >= 15 is 0 Å². The molecule has 1 aliphatic carbocycles. The molecule has 0 bridgehead atoms. The molecule has 4 rings (SSSR count). The van der Waals surface area contributed by atoms with Crippen molar-refractivity contribution in [2.75, 3.05) is 0 Å². The van der Waals surface area contributed by atoms with Crippen LogP contribution in [-0.4, -0.2) is 20.7 Å². The Balaban J connectivity index is 1.58. The van der Waals surface area contributed by atoms with Crippen LogP contribution < -0.4 is 5.48 Å². The second-order valence-corrected chi connectivity index (χ2v) is 6.38. The summed E-state index contributed by atoms with van der Waals surface area (Å²) in [6.07, 6.45) is 11.3. The fraction of sp³-hybridized carbons (Fsp3) is 0.316. The number of nitrogens with one attached hydrogen (secondary N) is 1. The van der Waals surface area contributed by atoms with Crippen molar-refractivity contribution in [2.45, 2.75) is 39.3 Å². The monoisotopic (exact) mass is 335 g/mol. The van der Waals surface area contributed by atoms with Crippen molar-refractivity contribution in [3.8, 4) is 11.3 Å². The van der Waals surface area contributed by atoms with Crippen LogP contribution in [0.25, 0.3) is 17.0 Å². The number of allylic oxidation sites excluding steroid dienone is 4. The number of hydroxylamine groups is 1. The molecule has 2 aromatic rings. The van der Waals surface area contributed by atoms with Gasteiger partial charge >= 0.3 is 0 Å². The van der Waals surface area contributed by atoms with Gasteiger partial charge in [-0.05, 0) is 38.3 Å². The van der Waals surface area contributed by atoms with E-state index < -0.39 is 0 Å². The second-order valence-electron chi connectivity index (χ2n) is 6.38. The van der Waals surface area contributed by atoms with Gasteiger partial charge in [-0.25, -0.2) is 14.7 Å². The molecule has 1 aliphatic heterocycles. The van der Waals surface area contributed by atoms with E-state index in [1.54, 1.807) is 0 Å². The minimum absolute atomic E-state index is 0.256. The number of pyridine rings is 1. The number of nitrogens with zero attached hydrogens (tertiary/aromatic N) is 4. The van der Waals surface area contributed by atoms with Crippen molar-refractivity contribution in [3.05, 3.63) is 54.0 Å². The number of hydrogen-bond acceptors (Lipinski definition) is 5. The van der Waals surface area contributed by atoms with Crippen molar-refractivity contribution in [1.82, 2.24) is 20.2 Å². The Morgan fingerprint density at radius 3 is 3.00 bits per heavy atom. The molecule has 0 saturated carbocycles. The van der Waals surface area contributed by atoms with E-state index in [9.17, 15) is 0 Å². The van der Waals surface area contributed by atoms with Gasteiger partial charge in [-0.1, -0.05) is 23.8 Å². The lowest BCUT2D eigenvalue weighted by molar-refractivity contribution is 0.177.